The first-order chi connectivity index (χ1) is 6.83. The Labute approximate surface area is 85.5 Å². The second-order valence-electron chi connectivity index (χ2n) is 3.19. The van der Waals surface area contributed by atoms with E-state index in [4.69, 9.17) is 0 Å². The van der Waals surface area contributed by atoms with Gasteiger partial charge in [-0.3, -0.25) is 0 Å². The van der Waals surface area contributed by atoms with Gasteiger partial charge in [-0.2, -0.15) is 0 Å². The lowest BCUT2D eigenvalue weighted by molar-refractivity contribution is -0.106. The van der Waals surface area contributed by atoms with E-state index in [1.165, 1.54) is 11.3 Å². The highest BCUT2D eigenvalue weighted by atomic mass is 16.1. The normalized spacial score (nSPS) is 9.86. The van der Waals surface area contributed by atoms with Crippen molar-refractivity contribution in [3.63, 3.8) is 0 Å². The Kier molecular flexibility index (Phi) is 4.17. The summed E-state index contributed by atoms with van der Waals surface area (Å²) in [5.74, 6) is 0. The van der Waals surface area contributed by atoms with Crippen molar-refractivity contribution < 1.29 is 4.79 Å². The number of hydrogen-bond donors (Lipinski definition) is 0. The number of anilines is 1. The van der Waals surface area contributed by atoms with Crippen molar-refractivity contribution >= 4 is 12.0 Å². The van der Waals surface area contributed by atoms with Gasteiger partial charge in [0.15, 0.2) is 0 Å². The monoisotopic (exact) mass is 191 g/mol. The number of carbonyl (C=O) groups is 1. The van der Waals surface area contributed by atoms with Crippen LogP contribution in [-0.2, 0) is 11.2 Å². The third-order valence-electron chi connectivity index (χ3n) is 2.39. The molecule has 0 radical (unpaired) electrons. The van der Waals surface area contributed by atoms with Crippen LogP contribution >= 0.6 is 0 Å². The van der Waals surface area contributed by atoms with E-state index in [0.717, 1.165) is 19.3 Å². The maximum absolute atomic E-state index is 10.5. The molecular formula is C12H17NO. The summed E-state index contributed by atoms with van der Waals surface area (Å²) < 4.78 is 0. The smallest absolute Gasteiger partial charge is 0.139 e. The van der Waals surface area contributed by atoms with E-state index in [0.29, 0.717) is 6.54 Å². The van der Waals surface area contributed by atoms with Gasteiger partial charge in [-0.1, -0.05) is 25.1 Å². The van der Waals surface area contributed by atoms with Gasteiger partial charge in [0, 0.05) is 12.2 Å². The zero-order valence-electron chi connectivity index (χ0n) is 8.86. The molecule has 0 spiro atoms. The first-order valence-corrected chi connectivity index (χ1v) is 5.10. The van der Waals surface area contributed by atoms with Crippen LogP contribution in [0.2, 0.25) is 0 Å². The summed E-state index contributed by atoms with van der Waals surface area (Å²) in [5.41, 5.74) is 2.49. The molecule has 0 heterocycles. The van der Waals surface area contributed by atoms with Crippen molar-refractivity contribution in [1.29, 1.82) is 0 Å². The van der Waals surface area contributed by atoms with Crippen LogP contribution in [0.25, 0.3) is 0 Å². The maximum Gasteiger partial charge on any atom is 0.139 e. The zero-order chi connectivity index (χ0) is 10.4. The fraction of sp³-hybridized carbons (Fsp3) is 0.417. The number of rotatable bonds is 5. The fourth-order valence-electron chi connectivity index (χ4n) is 1.61. The molecule has 0 aliphatic rings. The highest BCUT2D eigenvalue weighted by molar-refractivity contribution is 5.63. The van der Waals surface area contributed by atoms with Gasteiger partial charge < -0.3 is 9.69 Å². The molecular weight excluding hydrogens is 174 g/mol. The number of likely N-dealkylation sites (N-methyl/N-ethyl adjacent to an activating group) is 1. The van der Waals surface area contributed by atoms with Crippen LogP contribution in [0.3, 0.4) is 0 Å². The third kappa shape index (κ3) is 2.34. The molecule has 0 fully saturated rings. The lowest BCUT2D eigenvalue weighted by atomic mass is 10.1. The Balaban J connectivity index is 2.95. The number of nitrogens with zero attached hydrogens (tertiary/aromatic N) is 1. The maximum atomic E-state index is 10.5. The van der Waals surface area contributed by atoms with Crippen molar-refractivity contribution in [3.05, 3.63) is 29.8 Å². The van der Waals surface area contributed by atoms with Gasteiger partial charge in [0.25, 0.3) is 0 Å². The van der Waals surface area contributed by atoms with E-state index >= 15 is 0 Å². The molecule has 0 unspecified atom stereocenters. The van der Waals surface area contributed by atoms with E-state index in [1.807, 2.05) is 12.1 Å². The Hall–Kier alpha value is -1.31. The zero-order valence-corrected chi connectivity index (χ0v) is 8.86. The fourth-order valence-corrected chi connectivity index (χ4v) is 1.61. The first kappa shape index (κ1) is 10.8. The number of benzene rings is 1. The first-order valence-electron chi connectivity index (χ1n) is 5.10. The summed E-state index contributed by atoms with van der Waals surface area (Å²) in [7, 11) is 0. The van der Waals surface area contributed by atoms with Crippen molar-refractivity contribution in [2.24, 2.45) is 0 Å². The minimum Gasteiger partial charge on any atom is -0.365 e. The molecule has 0 saturated carbocycles. The van der Waals surface area contributed by atoms with E-state index in [1.54, 1.807) is 0 Å². The largest absolute Gasteiger partial charge is 0.365 e. The molecule has 0 N–H and O–H groups in total. The number of carbonyl (C=O) groups excluding carboxylic acids is 1. The standard InChI is InChI=1S/C12H17NO/c1-3-11-7-5-6-8-12(11)13(4-2)9-10-14/h5-8,10H,3-4,9H2,1-2H3. The Morgan fingerprint density at radius 2 is 2.00 bits per heavy atom. The highest BCUT2D eigenvalue weighted by Gasteiger charge is 2.06. The molecule has 1 rings (SSSR count). The summed E-state index contributed by atoms with van der Waals surface area (Å²) in [5, 5.41) is 0. The second-order valence-corrected chi connectivity index (χ2v) is 3.19. The Bertz CT molecular complexity index is 296. The van der Waals surface area contributed by atoms with E-state index in [9.17, 15) is 4.79 Å². The van der Waals surface area contributed by atoms with E-state index < -0.39 is 0 Å². The molecule has 14 heavy (non-hydrogen) atoms. The van der Waals surface area contributed by atoms with Crippen molar-refractivity contribution in [2.75, 3.05) is 18.0 Å². The summed E-state index contributed by atoms with van der Waals surface area (Å²) in [4.78, 5) is 12.6. The van der Waals surface area contributed by atoms with Crippen molar-refractivity contribution in [3.8, 4) is 0 Å². The summed E-state index contributed by atoms with van der Waals surface area (Å²) in [6.07, 6.45) is 1.96. The number of hydrogen-bond acceptors (Lipinski definition) is 2. The van der Waals surface area contributed by atoms with Gasteiger partial charge in [-0.15, -0.1) is 0 Å². The number of aldehydes is 1. The number of para-hydroxylation sites is 1. The third-order valence-corrected chi connectivity index (χ3v) is 2.39. The summed E-state index contributed by atoms with van der Waals surface area (Å²) in [6, 6.07) is 8.24. The lowest BCUT2D eigenvalue weighted by Gasteiger charge is -2.22. The molecule has 0 bridgehead atoms. The average Bonchev–Trinajstić information content (AvgIpc) is 2.26. The van der Waals surface area contributed by atoms with Gasteiger partial charge in [-0.25, -0.2) is 0 Å². The minimum atomic E-state index is 0.480. The molecule has 2 heteroatoms. The quantitative estimate of drug-likeness (QED) is 0.665. The minimum absolute atomic E-state index is 0.480. The molecule has 2 nitrogen and oxygen atoms in total. The molecule has 0 aliphatic carbocycles. The van der Waals surface area contributed by atoms with Crippen LogP contribution < -0.4 is 4.90 Å². The Morgan fingerprint density at radius 3 is 2.57 bits per heavy atom. The summed E-state index contributed by atoms with van der Waals surface area (Å²) >= 11 is 0. The summed E-state index contributed by atoms with van der Waals surface area (Å²) in [6.45, 7) is 5.55. The van der Waals surface area contributed by atoms with Crippen LogP contribution in [0.1, 0.15) is 19.4 Å². The molecule has 0 aliphatic heterocycles. The molecule has 0 amide bonds. The van der Waals surface area contributed by atoms with Crippen molar-refractivity contribution in [2.45, 2.75) is 20.3 Å². The molecule has 0 aromatic heterocycles. The van der Waals surface area contributed by atoms with Gasteiger partial charge in [0.05, 0.1) is 6.54 Å². The van der Waals surface area contributed by atoms with Gasteiger partial charge in [-0.05, 0) is 25.0 Å². The highest BCUT2D eigenvalue weighted by Crippen LogP contribution is 2.19. The molecule has 76 valence electrons. The SMILES string of the molecule is CCc1ccccc1N(CC)CC=O. The van der Waals surface area contributed by atoms with Gasteiger partial charge in [0.2, 0.25) is 0 Å². The number of aryl methyl sites for hydroxylation is 1. The van der Waals surface area contributed by atoms with Gasteiger partial charge >= 0.3 is 0 Å². The van der Waals surface area contributed by atoms with Crippen LogP contribution in [0, 0.1) is 0 Å². The average molecular weight is 191 g/mol. The molecule has 0 atom stereocenters. The predicted molar refractivity (Wildman–Crippen MR) is 59.8 cm³/mol. The van der Waals surface area contributed by atoms with E-state index in [-0.39, 0.29) is 0 Å². The van der Waals surface area contributed by atoms with Crippen LogP contribution in [0.15, 0.2) is 24.3 Å². The molecule has 0 saturated heterocycles. The van der Waals surface area contributed by atoms with Crippen molar-refractivity contribution in [1.82, 2.24) is 0 Å². The topological polar surface area (TPSA) is 20.3 Å². The van der Waals surface area contributed by atoms with Crippen LogP contribution in [-0.4, -0.2) is 19.4 Å². The Morgan fingerprint density at radius 1 is 1.29 bits per heavy atom. The lowest BCUT2D eigenvalue weighted by Crippen LogP contribution is -2.25. The van der Waals surface area contributed by atoms with Crippen LogP contribution in [0.4, 0.5) is 5.69 Å². The van der Waals surface area contributed by atoms with Gasteiger partial charge in [0.1, 0.15) is 6.29 Å². The van der Waals surface area contributed by atoms with Crippen LogP contribution in [0.5, 0.6) is 0 Å². The molecule has 1 aromatic rings. The predicted octanol–water partition coefficient (Wildman–Crippen LogP) is 2.27. The molecule has 1 aromatic carbocycles. The second kappa shape index (κ2) is 5.43. The van der Waals surface area contributed by atoms with E-state index in [2.05, 4.69) is 30.9 Å².